The first-order valence-corrected chi connectivity index (χ1v) is 11.5. The SMILES string of the molecule is Cc1ccc(C)c(N2C(=O)c3ccc(C(=O)NCc4csc(-c5cccnc5)n4)cc3C2=O)c1. The molecule has 2 aromatic carbocycles. The van der Waals surface area contributed by atoms with Crippen LogP contribution in [0.25, 0.3) is 10.6 Å². The smallest absolute Gasteiger partial charge is 0.266 e. The van der Waals surface area contributed by atoms with Crippen LogP contribution >= 0.6 is 11.3 Å². The van der Waals surface area contributed by atoms with Crippen LogP contribution < -0.4 is 10.2 Å². The lowest BCUT2D eigenvalue weighted by Crippen LogP contribution is -2.30. The Labute approximate surface area is 200 Å². The van der Waals surface area contributed by atoms with Crippen molar-refractivity contribution < 1.29 is 14.4 Å². The van der Waals surface area contributed by atoms with Gasteiger partial charge in [0.15, 0.2) is 0 Å². The van der Waals surface area contributed by atoms with Crippen molar-refractivity contribution in [1.82, 2.24) is 15.3 Å². The predicted molar refractivity (Wildman–Crippen MR) is 130 cm³/mol. The molecule has 0 saturated heterocycles. The largest absolute Gasteiger partial charge is 0.346 e. The van der Waals surface area contributed by atoms with Crippen molar-refractivity contribution in [3.8, 4) is 10.6 Å². The van der Waals surface area contributed by atoms with Crippen LogP contribution in [0.15, 0.2) is 66.3 Å². The number of anilines is 1. The lowest BCUT2D eigenvalue weighted by atomic mass is 10.1. The molecule has 0 saturated carbocycles. The van der Waals surface area contributed by atoms with E-state index < -0.39 is 5.91 Å². The lowest BCUT2D eigenvalue weighted by molar-refractivity contribution is 0.0923. The average Bonchev–Trinajstić information content (AvgIpc) is 3.42. The summed E-state index contributed by atoms with van der Waals surface area (Å²) in [7, 11) is 0. The summed E-state index contributed by atoms with van der Waals surface area (Å²) in [5.74, 6) is -1.15. The van der Waals surface area contributed by atoms with Crippen molar-refractivity contribution in [2.45, 2.75) is 20.4 Å². The number of nitrogens with one attached hydrogen (secondary N) is 1. The second kappa shape index (κ2) is 8.64. The van der Waals surface area contributed by atoms with Crippen LogP contribution in [0, 0.1) is 13.8 Å². The maximum Gasteiger partial charge on any atom is 0.266 e. The summed E-state index contributed by atoms with van der Waals surface area (Å²) in [5, 5.41) is 5.55. The summed E-state index contributed by atoms with van der Waals surface area (Å²) in [5.41, 5.74) is 4.81. The molecule has 168 valence electrons. The van der Waals surface area contributed by atoms with Gasteiger partial charge in [-0.2, -0.15) is 0 Å². The number of carbonyl (C=O) groups is 3. The second-order valence-electron chi connectivity index (χ2n) is 8.06. The van der Waals surface area contributed by atoms with E-state index in [1.807, 2.05) is 49.6 Å². The number of nitrogens with zero attached hydrogens (tertiary/aromatic N) is 3. The molecule has 0 radical (unpaired) electrons. The molecule has 0 aliphatic carbocycles. The Bertz CT molecular complexity index is 1450. The molecule has 34 heavy (non-hydrogen) atoms. The minimum Gasteiger partial charge on any atom is -0.346 e. The third-order valence-electron chi connectivity index (χ3n) is 5.64. The maximum absolute atomic E-state index is 13.1. The molecule has 1 N–H and O–H groups in total. The van der Waals surface area contributed by atoms with Crippen LogP contribution in [0.1, 0.15) is 47.9 Å². The maximum atomic E-state index is 13.1. The van der Waals surface area contributed by atoms with E-state index in [1.165, 1.54) is 22.3 Å². The van der Waals surface area contributed by atoms with Crippen molar-refractivity contribution in [1.29, 1.82) is 0 Å². The summed E-state index contributed by atoms with van der Waals surface area (Å²) in [6.07, 6.45) is 3.44. The number of imide groups is 1. The van der Waals surface area contributed by atoms with E-state index in [-0.39, 0.29) is 23.9 Å². The van der Waals surface area contributed by atoms with Gasteiger partial charge in [0.05, 0.1) is 29.1 Å². The number of hydrogen-bond donors (Lipinski definition) is 1. The average molecular weight is 469 g/mol. The first-order valence-electron chi connectivity index (χ1n) is 10.7. The molecule has 1 aliphatic rings. The first-order chi connectivity index (χ1) is 16.4. The first kappa shape index (κ1) is 21.7. The van der Waals surface area contributed by atoms with Crippen LogP contribution in [0.2, 0.25) is 0 Å². The standard InChI is InChI=1S/C26H20N4O3S/c1-15-5-6-16(2)22(10-15)30-25(32)20-8-7-17(11-21(20)26(30)33)23(31)28-13-19-14-34-24(29-19)18-4-3-9-27-12-18/h3-12,14H,13H2,1-2H3,(H,28,31). The molecule has 1 aliphatic heterocycles. The van der Waals surface area contributed by atoms with E-state index in [0.29, 0.717) is 16.8 Å². The van der Waals surface area contributed by atoms with Gasteiger partial charge in [-0.1, -0.05) is 12.1 Å². The molecule has 4 aromatic rings. The highest BCUT2D eigenvalue weighted by molar-refractivity contribution is 7.13. The molecule has 0 spiro atoms. The van der Waals surface area contributed by atoms with Crippen LogP contribution in [0.3, 0.4) is 0 Å². The van der Waals surface area contributed by atoms with Gasteiger partial charge in [-0.05, 0) is 61.4 Å². The normalized spacial score (nSPS) is 12.7. The number of amides is 3. The van der Waals surface area contributed by atoms with Crippen LogP contribution in [-0.4, -0.2) is 27.7 Å². The van der Waals surface area contributed by atoms with Crippen LogP contribution in [0.5, 0.6) is 0 Å². The van der Waals surface area contributed by atoms with Crippen LogP contribution in [0.4, 0.5) is 5.69 Å². The summed E-state index contributed by atoms with van der Waals surface area (Å²) in [4.78, 5) is 48.7. The van der Waals surface area contributed by atoms with Crippen molar-refractivity contribution in [3.05, 3.63) is 99.8 Å². The Morgan fingerprint density at radius 3 is 2.65 bits per heavy atom. The van der Waals surface area contributed by atoms with Crippen molar-refractivity contribution in [2.24, 2.45) is 0 Å². The van der Waals surface area contributed by atoms with Gasteiger partial charge in [0.2, 0.25) is 0 Å². The van der Waals surface area contributed by atoms with Gasteiger partial charge in [0.25, 0.3) is 17.7 Å². The Kier molecular flexibility index (Phi) is 5.51. The quantitative estimate of drug-likeness (QED) is 0.434. The number of carbonyl (C=O) groups excluding carboxylic acids is 3. The highest BCUT2D eigenvalue weighted by Crippen LogP contribution is 2.32. The Hall–Kier alpha value is -4.17. The minimum atomic E-state index is -0.427. The van der Waals surface area contributed by atoms with E-state index in [4.69, 9.17) is 0 Å². The molecule has 0 atom stereocenters. The zero-order valence-electron chi connectivity index (χ0n) is 18.5. The number of hydrogen-bond acceptors (Lipinski definition) is 6. The highest BCUT2D eigenvalue weighted by Gasteiger charge is 2.37. The minimum absolute atomic E-state index is 0.228. The van der Waals surface area contributed by atoms with E-state index in [2.05, 4.69) is 15.3 Å². The fourth-order valence-corrected chi connectivity index (χ4v) is 4.65. The highest BCUT2D eigenvalue weighted by atomic mass is 32.1. The van der Waals surface area contributed by atoms with Crippen molar-refractivity contribution in [2.75, 3.05) is 4.90 Å². The number of thiazole rings is 1. The number of benzene rings is 2. The number of rotatable bonds is 5. The third kappa shape index (κ3) is 3.88. The topological polar surface area (TPSA) is 92.3 Å². The number of fused-ring (bicyclic) bond motifs is 1. The van der Waals surface area contributed by atoms with Crippen molar-refractivity contribution in [3.63, 3.8) is 0 Å². The Balaban J connectivity index is 1.33. The zero-order chi connectivity index (χ0) is 23.8. The fourth-order valence-electron chi connectivity index (χ4n) is 3.84. The molecule has 7 nitrogen and oxygen atoms in total. The fraction of sp³-hybridized carbons (Fsp3) is 0.115. The summed E-state index contributed by atoms with van der Waals surface area (Å²) >= 11 is 1.48. The van der Waals surface area contributed by atoms with Gasteiger partial charge in [0, 0.05) is 28.9 Å². The van der Waals surface area contributed by atoms with E-state index in [0.717, 1.165) is 27.4 Å². The monoisotopic (exact) mass is 468 g/mol. The zero-order valence-corrected chi connectivity index (χ0v) is 19.3. The molecule has 5 rings (SSSR count). The van der Waals surface area contributed by atoms with E-state index >= 15 is 0 Å². The molecule has 2 aromatic heterocycles. The summed E-state index contributed by atoms with van der Waals surface area (Å²) in [6.45, 7) is 4.01. The van der Waals surface area contributed by atoms with Gasteiger partial charge >= 0.3 is 0 Å². The van der Waals surface area contributed by atoms with Gasteiger partial charge in [-0.25, -0.2) is 9.88 Å². The van der Waals surface area contributed by atoms with E-state index in [9.17, 15) is 14.4 Å². The summed E-state index contributed by atoms with van der Waals surface area (Å²) in [6, 6.07) is 14.0. The van der Waals surface area contributed by atoms with Gasteiger partial charge in [0.1, 0.15) is 5.01 Å². The summed E-state index contributed by atoms with van der Waals surface area (Å²) < 4.78 is 0. The molecular formula is C26H20N4O3S. The lowest BCUT2D eigenvalue weighted by Gasteiger charge is -2.17. The van der Waals surface area contributed by atoms with Crippen LogP contribution in [-0.2, 0) is 6.54 Å². The Morgan fingerprint density at radius 2 is 1.85 bits per heavy atom. The molecule has 3 amide bonds. The van der Waals surface area contributed by atoms with Gasteiger partial charge in [-0.3, -0.25) is 19.4 Å². The van der Waals surface area contributed by atoms with Crippen molar-refractivity contribution >= 4 is 34.7 Å². The molecule has 0 bridgehead atoms. The molecule has 0 fully saturated rings. The molecular weight excluding hydrogens is 448 g/mol. The number of aryl methyl sites for hydroxylation is 2. The molecule has 3 heterocycles. The number of aromatic nitrogens is 2. The molecule has 8 heteroatoms. The third-order valence-corrected chi connectivity index (χ3v) is 6.58. The second-order valence-corrected chi connectivity index (χ2v) is 8.92. The van der Waals surface area contributed by atoms with Gasteiger partial charge in [-0.15, -0.1) is 11.3 Å². The molecule has 0 unspecified atom stereocenters. The van der Waals surface area contributed by atoms with E-state index in [1.54, 1.807) is 24.5 Å². The Morgan fingerprint density at radius 1 is 1.03 bits per heavy atom. The predicted octanol–water partition coefficient (Wildman–Crippen LogP) is 4.55. The number of pyridine rings is 1. The van der Waals surface area contributed by atoms with Gasteiger partial charge < -0.3 is 5.32 Å².